The number of hydrogen-bond donors (Lipinski definition) is 1. The van der Waals surface area contributed by atoms with Crippen LogP contribution in [-0.4, -0.2) is 28.3 Å². The van der Waals surface area contributed by atoms with E-state index in [2.05, 4.69) is 33.6 Å². The summed E-state index contributed by atoms with van der Waals surface area (Å²) in [4.78, 5) is 13.3. The summed E-state index contributed by atoms with van der Waals surface area (Å²) < 4.78 is 39.4. The van der Waals surface area contributed by atoms with Gasteiger partial charge in [0.2, 0.25) is 0 Å². The van der Waals surface area contributed by atoms with Gasteiger partial charge in [-0.2, -0.15) is 13.2 Å². The van der Waals surface area contributed by atoms with Crippen molar-refractivity contribution in [2.75, 3.05) is 18.6 Å². The number of anilines is 1. The third kappa shape index (κ3) is 4.19. The van der Waals surface area contributed by atoms with E-state index in [0.717, 1.165) is 16.9 Å². The van der Waals surface area contributed by atoms with Gasteiger partial charge in [0.05, 0.1) is 22.7 Å². The maximum atomic E-state index is 13.1. The van der Waals surface area contributed by atoms with Crippen molar-refractivity contribution >= 4 is 30.1 Å². The molecule has 0 saturated carbocycles. The number of aromatic nitrogens is 3. The summed E-state index contributed by atoms with van der Waals surface area (Å²) in [6, 6.07) is 6.19. The first-order valence-electron chi connectivity index (χ1n) is 8.38. The van der Waals surface area contributed by atoms with E-state index in [0.29, 0.717) is 22.7 Å². The molecule has 0 unspecified atom stereocenters. The number of halogens is 3. The van der Waals surface area contributed by atoms with Crippen LogP contribution in [-0.2, 0) is 12.7 Å². The van der Waals surface area contributed by atoms with Crippen molar-refractivity contribution in [3.8, 4) is 0 Å². The van der Waals surface area contributed by atoms with Gasteiger partial charge in [0.15, 0.2) is 0 Å². The summed E-state index contributed by atoms with van der Waals surface area (Å²) in [6.45, 7) is 7.73. The van der Waals surface area contributed by atoms with Crippen molar-refractivity contribution in [1.29, 1.82) is 0 Å². The van der Waals surface area contributed by atoms with Crippen LogP contribution in [0.2, 0.25) is 0 Å². The SMILES string of the molecule is Cc1nc(NCc2cccc(C(F)(F)F)c2C)c2cc(P(C)C)ncc2n1. The number of rotatable bonds is 4. The van der Waals surface area contributed by atoms with Crippen molar-refractivity contribution < 1.29 is 13.2 Å². The predicted molar refractivity (Wildman–Crippen MR) is 104 cm³/mol. The summed E-state index contributed by atoms with van der Waals surface area (Å²) in [6.07, 6.45) is -2.64. The van der Waals surface area contributed by atoms with Gasteiger partial charge >= 0.3 is 6.18 Å². The Hall–Kier alpha value is -2.27. The lowest BCUT2D eigenvalue weighted by molar-refractivity contribution is -0.138. The summed E-state index contributed by atoms with van der Waals surface area (Å²) in [5.41, 5.74) is 1.88. The minimum absolute atomic E-state index is 0.223. The lowest BCUT2D eigenvalue weighted by Crippen LogP contribution is -2.12. The van der Waals surface area contributed by atoms with E-state index in [-0.39, 0.29) is 20.0 Å². The van der Waals surface area contributed by atoms with Gasteiger partial charge < -0.3 is 5.32 Å². The number of fused-ring (bicyclic) bond motifs is 1. The molecule has 1 aromatic carbocycles. The van der Waals surface area contributed by atoms with E-state index in [4.69, 9.17) is 0 Å². The molecule has 1 N–H and O–H groups in total. The molecule has 4 nitrogen and oxygen atoms in total. The van der Waals surface area contributed by atoms with Gasteiger partial charge in [0.25, 0.3) is 0 Å². The number of hydrogen-bond acceptors (Lipinski definition) is 4. The molecule has 0 fully saturated rings. The first-order chi connectivity index (χ1) is 12.7. The molecule has 142 valence electrons. The first-order valence-corrected chi connectivity index (χ1v) is 10.6. The molecular formula is C19H20F3N4P. The van der Waals surface area contributed by atoms with Crippen LogP contribution in [0.5, 0.6) is 0 Å². The minimum atomic E-state index is -4.36. The van der Waals surface area contributed by atoms with Crippen LogP contribution in [0.3, 0.4) is 0 Å². The molecule has 0 spiro atoms. The number of benzene rings is 1. The Kier molecular flexibility index (Phi) is 5.33. The Bertz CT molecular complexity index is 987. The summed E-state index contributed by atoms with van der Waals surface area (Å²) in [5, 5.41) is 4.02. The lowest BCUT2D eigenvalue weighted by Gasteiger charge is -2.16. The maximum Gasteiger partial charge on any atom is 0.416 e. The van der Waals surface area contributed by atoms with Crippen LogP contribution >= 0.6 is 7.92 Å². The van der Waals surface area contributed by atoms with E-state index >= 15 is 0 Å². The second-order valence-electron chi connectivity index (χ2n) is 6.51. The fraction of sp³-hybridized carbons (Fsp3) is 0.316. The molecule has 3 rings (SSSR count). The molecule has 2 aromatic heterocycles. The first kappa shape index (κ1) is 19.5. The molecule has 8 heteroatoms. The van der Waals surface area contributed by atoms with Crippen molar-refractivity contribution in [1.82, 2.24) is 15.0 Å². The number of alkyl halides is 3. The number of nitrogens with zero attached hydrogens (tertiary/aromatic N) is 3. The standard InChI is InChI=1S/C19H20F3N4P/c1-11-13(6-5-7-15(11)19(20,21)22)9-24-18-14-8-17(27(3)4)23-10-16(14)25-12(2)26-18/h5-8,10H,9H2,1-4H3,(H,24,25,26). The number of pyridine rings is 1. The number of aryl methyl sites for hydroxylation is 1. The van der Waals surface area contributed by atoms with Gasteiger partial charge in [-0.25, -0.2) is 9.97 Å². The Morgan fingerprint density at radius 3 is 2.52 bits per heavy atom. The largest absolute Gasteiger partial charge is 0.416 e. The Morgan fingerprint density at radius 1 is 1.11 bits per heavy atom. The molecule has 0 atom stereocenters. The van der Waals surface area contributed by atoms with Crippen LogP contribution < -0.4 is 10.8 Å². The van der Waals surface area contributed by atoms with Gasteiger partial charge in [-0.05, 0) is 50.4 Å². The van der Waals surface area contributed by atoms with E-state index in [9.17, 15) is 13.2 Å². The summed E-state index contributed by atoms with van der Waals surface area (Å²) >= 11 is 0. The molecular weight excluding hydrogens is 372 g/mol. The van der Waals surface area contributed by atoms with Gasteiger partial charge in [-0.3, -0.25) is 4.98 Å². The fourth-order valence-electron chi connectivity index (χ4n) is 2.88. The van der Waals surface area contributed by atoms with E-state index in [1.54, 1.807) is 19.2 Å². The molecule has 3 aromatic rings. The van der Waals surface area contributed by atoms with Crippen LogP contribution in [0, 0.1) is 13.8 Å². The minimum Gasteiger partial charge on any atom is -0.365 e. The van der Waals surface area contributed by atoms with Gasteiger partial charge in [0.1, 0.15) is 11.6 Å². The van der Waals surface area contributed by atoms with Crippen molar-refractivity contribution in [2.45, 2.75) is 26.6 Å². The van der Waals surface area contributed by atoms with Crippen molar-refractivity contribution in [2.24, 2.45) is 0 Å². The lowest BCUT2D eigenvalue weighted by atomic mass is 10.0. The third-order valence-corrected chi connectivity index (χ3v) is 5.50. The molecule has 0 bridgehead atoms. The van der Waals surface area contributed by atoms with E-state index in [1.807, 2.05) is 6.07 Å². The second kappa shape index (κ2) is 7.39. The van der Waals surface area contributed by atoms with Gasteiger partial charge in [0, 0.05) is 11.9 Å². The molecule has 0 amide bonds. The second-order valence-corrected chi connectivity index (χ2v) is 8.76. The number of nitrogens with one attached hydrogen (secondary N) is 1. The fourth-order valence-corrected chi connectivity index (χ4v) is 3.55. The highest BCUT2D eigenvalue weighted by molar-refractivity contribution is 7.63. The highest BCUT2D eigenvalue weighted by Crippen LogP contribution is 2.33. The Balaban J connectivity index is 1.97. The smallest absolute Gasteiger partial charge is 0.365 e. The zero-order valence-electron chi connectivity index (χ0n) is 15.5. The highest BCUT2D eigenvalue weighted by atomic mass is 31.1. The van der Waals surface area contributed by atoms with Gasteiger partial charge in [-0.15, -0.1) is 0 Å². The van der Waals surface area contributed by atoms with Crippen LogP contribution in [0.25, 0.3) is 10.9 Å². The zero-order valence-corrected chi connectivity index (χ0v) is 16.4. The quantitative estimate of drug-likeness (QED) is 0.658. The maximum absolute atomic E-state index is 13.1. The molecule has 2 heterocycles. The molecule has 0 radical (unpaired) electrons. The predicted octanol–water partition coefficient (Wildman–Crippen LogP) is 4.64. The average molecular weight is 392 g/mol. The molecule has 0 aliphatic heterocycles. The van der Waals surface area contributed by atoms with Gasteiger partial charge in [-0.1, -0.05) is 20.1 Å². The monoisotopic (exact) mass is 392 g/mol. The van der Waals surface area contributed by atoms with Crippen LogP contribution in [0.15, 0.2) is 30.5 Å². The van der Waals surface area contributed by atoms with Crippen LogP contribution in [0.1, 0.15) is 22.5 Å². The molecule has 0 aliphatic rings. The van der Waals surface area contributed by atoms with Crippen molar-refractivity contribution in [3.05, 3.63) is 53.0 Å². The highest BCUT2D eigenvalue weighted by Gasteiger charge is 2.32. The average Bonchev–Trinajstić information content (AvgIpc) is 2.59. The Labute approximate surface area is 157 Å². The third-order valence-electron chi connectivity index (χ3n) is 4.34. The van der Waals surface area contributed by atoms with Crippen LogP contribution in [0.4, 0.5) is 19.0 Å². The van der Waals surface area contributed by atoms with Crippen molar-refractivity contribution in [3.63, 3.8) is 0 Å². The zero-order chi connectivity index (χ0) is 19.8. The molecule has 0 aliphatic carbocycles. The Morgan fingerprint density at radius 2 is 1.85 bits per heavy atom. The summed E-state index contributed by atoms with van der Waals surface area (Å²) in [7, 11) is -0.384. The molecule has 27 heavy (non-hydrogen) atoms. The topological polar surface area (TPSA) is 50.7 Å². The normalized spacial score (nSPS) is 12.0. The summed E-state index contributed by atoms with van der Waals surface area (Å²) in [5.74, 6) is 1.19. The van der Waals surface area contributed by atoms with E-state index < -0.39 is 11.7 Å². The van der Waals surface area contributed by atoms with E-state index in [1.165, 1.54) is 13.0 Å². The molecule has 0 saturated heterocycles.